The molecule has 5 nitrogen and oxygen atoms in total. The summed E-state index contributed by atoms with van der Waals surface area (Å²) in [5, 5.41) is 13.8. The summed E-state index contributed by atoms with van der Waals surface area (Å²) in [5.74, 6) is 0.554. The highest BCUT2D eigenvalue weighted by Crippen LogP contribution is 2.26. The van der Waals surface area contributed by atoms with Gasteiger partial charge in [0.15, 0.2) is 0 Å². The molecule has 0 aliphatic carbocycles. The summed E-state index contributed by atoms with van der Waals surface area (Å²) < 4.78 is 6.36. The highest BCUT2D eigenvalue weighted by Gasteiger charge is 2.07. The Bertz CT molecular complexity index is 512. The molecule has 0 fully saturated rings. The van der Waals surface area contributed by atoms with E-state index in [4.69, 9.17) is 4.42 Å². The van der Waals surface area contributed by atoms with E-state index in [0.717, 1.165) is 10.2 Å². The summed E-state index contributed by atoms with van der Waals surface area (Å²) in [6.07, 6.45) is 0. The summed E-state index contributed by atoms with van der Waals surface area (Å²) in [6.45, 7) is 2.59. The SMILES string of the molecule is CNCc1nnc(Nc2ccc(C)cc2Br)o1. The third-order valence-electron chi connectivity index (χ3n) is 2.16. The highest BCUT2D eigenvalue weighted by atomic mass is 79.9. The smallest absolute Gasteiger partial charge is 0.320 e. The zero-order chi connectivity index (χ0) is 12.3. The highest BCUT2D eigenvalue weighted by molar-refractivity contribution is 9.10. The van der Waals surface area contributed by atoms with Crippen LogP contribution < -0.4 is 10.6 Å². The summed E-state index contributed by atoms with van der Waals surface area (Å²) in [7, 11) is 1.83. The van der Waals surface area contributed by atoms with Gasteiger partial charge in [-0.05, 0) is 47.6 Å². The standard InChI is InChI=1S/C11H13BrN4O/c1-7-3-4-9(8(12)5-7)14-11-16-15-10(17-11)6-13-2/h3-5,13H,6H2,1-2H3,(H,14,16). The van der Waals surface area contributed by atoms with E-state index in [1.54, 1.807) is 0 Å². The number of nitrogens with zero attached hydrogens (tertiary/aromatic N) is 2. The van der Waals surface area contributed by atoms with Crippen LogP contribution in [0.15, 0.2) is 27.1 Å². The molecule has 0 radical (unpaired) electrons. The number of halogens is 1. The van der Waals surface area contributed by atoms with Crippen molar-refractivity contribution in [1.82, 2.24) is 15.5 Å². The van der Waals surface area contributed by atoms with Gasteiger partial charge in [0.2, 0.25) is 5.89 Å². The van der Waals surface area contributed by atoms with Gasteiger partial charge in [0.25, 0.3) is 0 Å². The van der Waals surface area contributed by atoms with Gasteiger partial charge in [-0.1, -0.05) is 11.2 Å². The molecule has 90 valence electrons. The van der Waals surface area contributed by atoms with Crippen LogP contribution in [0.5, 0.6) is 0 Å². The maximum absolute atomic E-state index is 5.40. The molecule has 0 atom stereocenters. The molecule has 0 bridgehead atoms. The van der Waals surface area contributed by atoms with E-state index < -0.39 is 0 Å². The molecule has 0 saturated heterocycles. The second-order valence-corrected chi connectivity index (χ2v) is 4.49. The molecule has 0 spiro atoms. The molecule has 0 aliphatic heterocycles. The second kappa shape index (κ2) is 5.29. The van der Waals surface area contributed by atoms with E-state index in [9.17, 15) is 0 Å². The summed E-state index contributed by atoms with van der Waals surface area (Å²) >= 11 is 3.48. The molecule has 2 aromatic rings. The van der Waals surface area contributed by atoms with Crippen LogP contribution in [0.4, 0.5) is 11.7 Å². The molecular weight excluding hydrogens is 284 g/mol. The molecule has 1 heterocycles. The van der Waals surface area contributed by atoms with E-state index >= 15 is 0 Å². The summed E-state index contributed by atoms with van der Waals surface area (Å²) in [6, 6.07) is 6.38. The first-order valence-corrected chi connectivity index (χ1v) is 5.98. The van der Waals surface area contributed by atoms with Crippen LogP contribution in [0, 0.1) is 6.92 Å². The fourth-order valence-electron chi connectivity index (χ4n) is 1.36. The van der Waals surface area contributed by atoms with Crippen LogP contribution in [-0.2, 0) is 6.54 Å². The minimum absolute atomic E-state index is 0.389. The van der Waals surface area contributed by atoms with Gasteiger partial charge in [-0.2, -0.15) is 0 Å². The first-order valence-electron chi connectivity index (χ1n) is 5.19. The topological polar surface area (TPSA) is 63.0 Å². The molecule has 17 heavy (non-hydrogen) atoms. The van der Waals surface area contributed by atoms with Crippen molar-refractivity contribution in [3.05, 3.63) is 34.1 Å². The largest absolute Gasteiger partial charge is 0.406 e. The molecule has 0 saturated carbocycles. The lowest BCUT2D eigenvalue weighted by molar-refractivity contribution is 0.493. The van der Waals surface area contributed by atoms with Gasteiger partial charge in [0.1, 0.15) is 0 Å². The lowest BCUT2D eigenvalue weighted by Gasteiger charge is -2.04. The predicted octanol–water partition coefficient (Wildman–Crippen LogP) is 2.60. The molecule has 1 aromatic carbocycles. The Balaban J connectivity index is 2.13. The number of anilines is 2. The van der Waals surface area contributed by atoms with Crippen molar-refractivity contribution in [1.29, 1.82) is 0 Å². The van der Waals surface area contributed by atoms with Crippen molar-refractivity contribution in [3.63, 3.8) is 0 Å². The Morgan fingerprint density at radius 1 is 1.35 bits per heavy atom. The number of aromatic nitrogens is 2. The zero-order valence-corrected chi connectivity index (χ0v) is 11.2. The zero-order valence-electron chi connectivity index (χ0n) is 9.62. The Kier molecular flexibility index (Phi) is 3.75. The van der Waals surface area contributed by atoms with Crippen LogP contribution in [0.1, 0.15) is 11.5 Å². The number of hydrogen-bond donors (Lipinski definition) is 2. The van der Waals surface area contributed by atoms with Crippen molar-refractivity contribution in [2.75, 3.05) is 12.4 Å². The molecule has 0 amide bonds. The van der Waals surface area contributed by atoms with Gasteiger partial charge >= 0.3 is 6.01 Å². The minimum Gasteiger partial charge on any atom is -0.406 e. The van der Waals surface area contributed by atoms with Crippen molar-refractivity contribution >= 4 is 27.6 Å². The van der Waals surface area contributed by atoms with E-state index in [-0.39, 0.29) is 0 Å². The average Bonchev–Trinajstić information content (AvgIpc) is 2.71. The monoisotopic (exact) mass is 296 g/mol. The lowest BCUT2D eigenvalue weighted by atomic mass is 10.2. The van der Waals surface area contributed by atoms with Gasteiger partial charge in [0.05, 0.1) is 12.2 Å². The van der Waals surface area contributed by atoms with Crippen molar-refractivity contribution in [2.24, 2.45) is 0 Å². The molecule has 0 aliphatic rings. The van der Waals surface area contributed by atoms with Crippen LogP contribution in [-0.4, -0.2) is 17.2 Å². The number of benzene rings is 1. The van der Waals surface area contributed by atoms with Gasteiger partial charge in [-0.3, -0.25) is 0 Å². The summed E-state index contributed by atoms with van der Waals surface area (Å²) in [4.78, 5) is 0. The lowest BCUT2D eigenvalue weighted by Crippen LogP contribution is -2.04. The summed E-state index contributed by atoms with van der Waals surface area (Å²) in [5.41, 5.74) is 2.08. The minimum atomic E-state index is 0.389. The maximum atomic E-state index is 5.40. The molecule has 2 rings (SSSR count). The van der Waals surface area contributed by atoms with Gasteiger partial charge < -0.3 is 15.1 Å². The molecule has 6 heteroatoms. The predicted molar refractivity (Wildman–Crippen MR) is 69.2 cm³/mol. The maximum Gasteiger partial charge on any atom is 0.320 e. The first-order chi connectivity index (χ1) is 8.19. The molecule has 1 aromatic heterocycles. The Hall–Kier alpha value is -1.40. The number of nitrogens with one attached hydrogen (secondary N) is 2. The van der Waals surface area contributed by atoms with Crippen LogP contribution in [0.25, 0.3) is 0 Å². The van der Waals surface area contributed by atoms with E-state index in [1.807, 2.05) is 32.2 Å². The Morgan fingerprint density at radius 3 is 2.88 bits per heavy atom. The second-order valence-electron chi connectivity index (χ2n) is 3.64. The quantitative estimate of drug-likeness (QED) is 0.908. The number of aryl methyl sites for hydroxylation is 1. The third kappa shape index (κ3) is 3.04. The number of rotatable bonds is 4. The van der Waals surface area contributed by atoms with Crippen LogP contribution >= 0.6 is 15.9 Å². The van der Waals surface area contributed by atoms with Crippen LogP contribution in [0.2, 0.25) is 0 Å². The molecular formula is C11H13BrN4O. The Morgan fingerprint density at radius 2 is 2.18 bits per heavy atom. The third-order valence-corrected chi connectivity index (χ3v) is 2.82. The van der Waals surface area contributed by atoms with Gasteiger partial charge in [0, 0.05) is 4.47 Å². The van der Waals surface area contributed by atoms with E-state index in [2.05, 4.69) is 36.8 Å². The van der Waals surface area contributed by atoms with E-state index in [1.165, 1.54) is 5.56 Å². The Labute approximate surface area is 108 Å². The van der Waals surface area contributed by atoms with Crippen molar-refractivity contribution in [3.8, 4) is 0 Å². The fraction of sp³-hybridized carbons (Fsp3) is 0.273. The average molecular weight is 297 g/mol. The molecule has 2 N–H and O–H groups in total. The van der Waals surface area contributed by atoms with E-state index in [0.29, 0.717) is 18.5 Å². The number of hydrogen-bond acceptors (Lipinski definition) is 5. The van der Waals surface area contributed by atoms with Gasteiger partial charge in [-0.25, -0.2) is 0 Å². The van der Waals surface area contributed by atoms with Crippen molar-refractivity contribution in [2.45, 2.75) is 13.5 Å². The van der Waals surface area contributed by atoms with Gasteiger partial charge in [-0.15, -0.1) is 5.10 Å². The fourth-order valence-corrected chi connectivity index (χ4v) is 1.96. The first kappa shape index (κ1) is 12.1. The molecule has 0 unspecified atom stereocenters. The van der Waals surface area contributed by atoms with Crippen molar-refractivity contribution < 1.29 is 4.42 Å². The normalized spacial score (nSPS) is 10.5. The van der Waals surface area contributed by atoms with Crippen LogP contribution in [0.3, 0.4) is 0 Å².